The summed E-state index contributed by atoms with van der Waals surface area (Å²) in [7, 11) is 0. The molecule has 0 saturated carbocycles. The number of aryl methyl sites for hydroxylation is 2. The van der Waals surface area contributed by atoms with E-state index in [9.17, 15) is 4.39 Å². The first-order valence-corrected chi connectivity index (χ1v) is 6.77. The molecule has 3 N–H and O–H groups in total. The molecule has 102 valence electrons. The number of nitrogens with zero attached hydrogens (tertiary/aromatic N) is 3. The Morgan fingerprint density at radius 1 is 1.30 bits per heavy atom. The third-order valence-corrected chi connectivity index (χ3v) is 4.28. The first-order valence-electron chi connectivity index (χ1n) is 5.96. The number of halogens is 1. The monoisotopic (exact) mass is 289 g/mol. The number of hydrogen-bond acceptors (Lipinski definition) is 6. The minimum Gasteiger partial charge on any atom is -0.308 e. The zero-order valence-electron chi connectivity index (χ0n) is 10.9. The van der Waals surface area contributed by atoms with Crippen LogP contribution in [0.15, 0.2) is 18.5 Å². The predicted octanol–water partition coefficient (Wildman–Crippen LogP) is 2.79. The molecule has 0 bridgehead atoms. The molecule has 0 amide bonds. The summed E-state index contributed by atoms with van der Waals surface area (Å²) in [4.78, 5) is 14.4. The Hall–Kier alpha value is -2.12. The number of nitrogens with two attached hydrogens (primary N) is 1. The van der Waals surface area contributed by atoms with Crippen molar-refractivity contribution in [3.8, 4) is 11.4 Å². The van der Waals surface area contributed by atoms with Crippen LogP contribution in [0.3, 0.4) is 0 Å². The maximum absolute atomic E-state index is 13.8. The van der Waals surface area contributed by atoms with Gasteiger partial charge in [0.25, 0.3) is 0 Å². The van der Waals surface area contributed by atoms with Crippen molar-refractivity contribution >= 4 is 27.4 Å². The molecule has 0 spiro atoms. The lowest BCUT2D eigenvalue weighted by Gasteiger charge is -2.06. The highest BCUT2D eigenvalue weighted by Crippen LogP contribution is 2.34. The number of hydrazine groups is 1. The topological polar surface area (TPSA) is 76.7 Å². The lowest BCUT2D eigenvalue weighted by atomic mass is 10.2. The fourth-order valence-corrected chi connectivity index (χ4v) is 3.06. The summed E-state index contributed by atoms with van der Waals surface area (Å²) in [5.41, 5.74) is 3.96. The fraction of sp³-hybridized carbons (Fsp3) is 0.154. The highest BCUT2D eigenvalue weighted by Gasteiger charge is 2.16. The summed E-state index contributed by atoms with van der Waals surface area (Å²) < 4.78 is 13.8. The molecule has 3 heterocycles. The molecule has 5 nitrogen and oxygen atoms in total. The number of anilines is 1. The number of nitrogen functional groups attached to an aromatic ring is 1. The molecule has 0 atom stereocenters. The number of nitrogens with one attached hydrogen (secondary N) is 1. The molecule has 3 aromatic heterocycles. The smallest absolute Gasteiger partial charge is 0.166 e. The van der Waals surface area contributed by atoms with E-state index in [-0.39, 0.29) is 0 Å². The lowest BCUT2D eigenvalue weighted by molar-refractivity contribution is 0.624. The van der Waals surface area contributed by atoms with Crippen LogP contribution in [0, 0.1) is 19.7 Å². The average molecular weight is 289 g/mol. The summed E-state index contributed by atoms with van der Waals surface area (Å²) in [5.74, 6) is 5.88. The van der Waals surface area contributed by atoms with E-state index >= 15 is 0 Å². The van der Waals surface area contributed by atoms with Crippen molar-refractivity contribution in [3.05, 3.63) is 34.7 Å². The minimum atomic E-state index is -0.458. The highest BCUT2D eigenvalue weighted by molar-refractivity contribution is 7.18. The van der Waals surface area contributed by atoms with Gasteiger partial charge in [-0.1, -0.05) is 0 Å². The maximum atomic E-state index is 13.8. The van der Waals surface area contributed by atoms with E-state index < -0.39 is 5.82 Å². The van der Waals surface area contributed by atoms with Gasteiger partial charge in [0, 0.05) is 11.1 Å². The molecule has 0 unspecified atom stereocenters. The molecule has 7 heteroatoms. The Kier molecular flexibility index (Phi) is 3.07. The number of thiophene rings is 1. The molecule has 0 aliphatic carbocycles. The Morgan fingerprint density at radius 3 is 2.80 bits per heavy atom. The van der Waals surface area contributed by atoms with Gasteiger partial charge in [-0.15, -0.1) is 11.3 Å². The van der Waals surface area contributed by atoms with E-state index in [2.05, 4.69) is 20.4 Å². The Morgan fingerprint density at radius 2 is 2.10 bits per heavy atom. The standard InChI is InChI=1S/C13H12FN5S/c1-6-7(2)20-13-10(6)12(19-15)17-11(18-13)8-3-4-16-5-9(8)14/h3-5H,15H2,1-2H3,(H,17,18,19). The van der Waals surface area contributed by atoms with Gasteiger partial charge in [0.05, 0.1) is 17.1 Å². The van der Waals surface area contributed by atoms with Crippen molar-refractivity contribution in [2.45, 2.75) is 13.8 Å². The van der Waals surface area contributed by atoms with Gasteiger partial charge < -0.3 is 5.43 Å². The molecule has 0 fully saturated rings. The van der Waals surface area contributed by atoms with Gasteiger partial charge in [-0.05, 0) is 25.5 Å². The Bertz CT molecular complexity index is 799. The Balaban J connectivity index is 2.32. The van der Waals surface area contributed by atoms with Gasteiger partial charge in [0.1, 0.15) is 4.83 Å². The summed E-state index contributed by atoms with van der Waals surface area (Å²) in [6.07, 6.45) is 2.65. The zero-order chi connectivity index (χ0) is 14.3. The second-order valence-corrected chi connectivity index (χ2v) is 5.56. The number of hydrogen-bond donors (Lipinski definition) is 2. The van der Waals surface area contributed by atoms with E-state index in [1.807, 2.05) is 13.8 Å². The molecule has 0 saturated heterocycles. The van der Waals surface area contributed by atoms with Crippen molar-refractivity contribution in [2.24, 2.45) is 5.84 Å². The lowest BCUT2D eigenvalue weighted by Crippen LogP contribution is -2.10. The number of rotatable bonds is 2. The molecular formula is C13H12FN5S. The van der Waals surface area contributed by atoms with Gasteiger partial charge >= 0.3 is 0 Å². The van der Waals surface area contributed by atoms with Crippen LogP contribution < -0.4 is 11.3 Å². The first kappa shape index (κ1) is 12.9. The van der Waals surface area contributed by atoms with Crippen LogP contribution in [-0.2, 0) is 0 Å². The number of aromatic nitrogens is 3. The normalized spacial score (nSPS) is 11.0. The third-order valence-electron chi connectivity index (χ3n) is 3.18. The molecule has 20 heavy (non-hydrogen) atoms. The number of fused-ring (bicyclic) bond motifs is 1. The molecule has 0 radical (unpaired) electrons. The zero-order valence-corrected chi connectivity index (χ0v) is 11.8. The van der Waals surface area contributed by atoms with Crippen molar-refractivity contribution < 1.29 is 4.39 Å². The van der Waals surface area contributed by atoms with Gasteiger partial charge in [0.15, 0.2) is 17.5 Å². The molecule has 0 aliphatic rings. The first-order chi connectivity index (χ1) is 9.61. The van der Waals surface area contributed by atoms with Crippen LogP contribution in [0.25, 0.3) is 21.6 Å². The highest BCUT2D eigenvalue weighted by atomic mass is 32.1. The van der Waals surface area contributed by atoms with E-state index in [1.54, 1.807) is 6.07 Å². The number of pyridine rings is 1. The largest absolute Gasteiger partial charge is 0.308 e. The van der Waals surface area contributed by atoms with Gasteiger partial charge in [-0.3, -0.25) is 4.98 Å². The fourth-order valence-electron chi connectivity index (χ4n) is 2.03. The van der Waals surface area contributed by atoms with Crippen LogP contribution in [0.4, 0.5) is 10.2 Å². The molecule has 3 aromatic rings. The van der Waals surface area contributed by atoms with E-state index in [0.29, 0.717) is 17.2 Å². The van der Waals surface area contributed by atoms with Crippen LogP contribution >= 0.6 is 11.3 Å². The van der Waals surface area contributed by atoms with Crippen molar-refractivity contribution in [2.75, 3.05) is 5.43 Å². The summed E-state index contributed by atoms with van der Waals surface area (Å²) in [6, 6.07) is 1.55. The van der Waals surface area contributed by atoms with Crippen LogP contribution in [0.2, 0.25) is 0 Å². The van der Waals surface area contributed by atoms with Crippen LogP contribution in [-0.4, -0.2) is 15.0 Å². The minimum absolute atomic E-state index is 0.298. The average Bonchev–Trinajstić information content (AvgIpc) is 2.73. The summed E-state index contributed by atoms with van der Waals surface area (Å²) in [6.45, 7) is 4.00. The second kappa shape index (κ2) is 4.77. The molecule has 0 aromatic carbocycles. The van der Waals surface area contributed by atoms with Crippen molar-refractivity contribution in [3.63, 3.8) is 0 Å². The van der Waals surface area contributed by atoms with E-state index in [1.165, 1.54) is 17.5 Å². The van der Waals surface area contributed by atoms with Crippen molar-refractivity contribution in [1.29, 1.82) is 0 Å². The third kappa shape index (κ3) is 1.91. The second-order valence-electron chi connectivity index (χ2n) is 4.36. The molecule has 0 aliphatic heterocycles. The predicted molar refractivity (Wildman–Crippen MR) is 77.9 cm³/mol. The maximum Gasteiger partial charge on any atom is 0.166 e. The van der Waals surface area contributed by atoms with Crippen LogP contribution in [0.1, 0.15) is 10.4 Å². The van der Waals surface area contributed by atoms with E-state index in [4.69, 9.17) is 5.84 Å². The Labute approximate surface area is 118 Å². The van der Waals surface area contributed by atoms with Gasteiger partial charge in [-0.2, -0.15) is 0 Å². The molecular weight excluding hydrogens is 277 g/mol. The van der Waals surface area contributed by atoms with Gasteiger partial charge in [0.2, 0.25) is 0 Å². The SMILES string of the molecule is Cc1sc2nc(-c3ccncc3F)nc(NN)c2c1C. The quantitative estimate of drug-likeness (QED) is 0.560. The summed E-state index contributed by atoms with van der Waals surface area (Å²) >= 11 is 1.54. The summed E-state index contributed by atoms with van der Waals surface area (Å²) in [5, 5.41) is 0.883. The van der Waals surface area contributed by atoms with Crippen LogP contribution in [0.5, 0.6) is 0 Å². The molecule has 3 rings (SSSR count). The van der Waals surface area contributed by atoms with Gasteiger partial charge in [-0.25, -0.2) is 20.2 Å². The van der Waals surface area contributed by atoms with E-state index in [0.717, 1.165) is 26.9 Å². The van der Waals surface area contributed by atoms with Crippen molar-refractivity contribution in [1.82, 2.24) is 15.0 Å².